The van der Waals surface area contributed by atoms with Gasteiger partial charge in [0.05, 0.1) is 6.04 Å². The Morgan fingerprint density at radius 1 is 1.13 bits per heavy atom. The lowest BCUT2D eigenvalue weighted by molar-refractivity contribution is 0.0618. The highest BCUT2D eigenvalue weighted by Crippen LogP contribution is 2.18. The van der Waals surface area contributed by atoms with E-state index < -0.39 is 18.3 Å². The number of aryl methyl sites for hydroxylation is 1. The van der Waals surface area contributed by atoms with Crippen LogP contribution in [0.3, 0.4) is 0 Å². The number of anilines is 2. The molecule has 164 valence electrons. The summed E-state index contributed by atoms with van der Waals surface area (Å²) in [6.45, 7) is 6.24. The quantitative estimate of drug-likeness (QED) is 0.742. The number of nitrogens with zero attached hydrogens (tertiary/aromatic N) is 2. The molecule has 2 N–H and O–H groups in total. The van der Waals surface area contributed by atoms with Crippen LogP contribution in [0, 0.1) is 6.92 Å². The van der Waals surface area contributed by atoms with Crippen LogP contribution in [0.4, 0.5) is 21.0 Å². The number of hydrogen-bond acceptors (Lipinski definition) is 6. The molecule has 4 rings (SSSR count). The lowest BCUT2D eigenvalue weighted by atomic mass is 10.1. The minimum Gasteiger partial charge on any atom is -0.445 e. The second kappa shape index (κ2) is 9.70. The van der Waals surface area contributed by atoms with Gasteiger partial charge in [-0.05, 0) is 36.8 Å². The monoisotopic (exact) mass is 424 g/mol. The zero-order chi connectivity index (χ0) is 21.6. The Kier molecular flexibility index (Phi) is 6.57. The van der Waals surface area contributed by atoms with Crippen molar-refractivity contribution in [3.05, 3.63) is 60.2 Å². The van der Waals surface area contributed by atoms with E-state index in [-0.39, 0.29) is 12.6 Å². The molecular formula is C23H28N4O4. The highest BCUT2D eigenvalue weighted by Gasteiger charge is 2.36. The van der Waals surface area contributed by atoms with E-state index in [1.807, 2.05) is 43.3 Å². The molecule has 0 aliphatic carbocycles. The topological polar surface area (TPSA) is 83.1 Å². The van der Waals surface area contributed by atoms with E-state index >= 15 is 0 Å². The molecule has 0 saturated carbocycles. The van der Waals surface area contributed by atoms with E-state index in [4.69, 9.17) is 9.47 Å². The van der Waals surface area contributed by atoms with Crippen molar-refractivity contribution in [2.45, 2.75) is 19.1 Å². The Hall–Kier alpha value is -3.26. The predicted molar refractivity (Wildman–Crippen MR) is 118 cm³/mol. The van der Waals surface area contributed by atoms with Gasteiger partial charge in [-0.1, -0.05) is 30.3 Å². The van der Waals surface area contributed by atoms with Crippen molar-refractivity contribution >= 4 is 23.6 Å². The van der Waals surface area contributed by atoms with Crippen LogP contribution in [0.2, 0.25) is 0 Å². The summed E-state index contributed by atoms with van der Waals surface area (Å²) in [7, 11) is 0. The van der Waals surface area contributed by atoms with Gasteiger partial charge in [-0.15, -0.1) is 0 Å². The maximum absolute atomic E-state index is 12.1. The maximum atomic E-state index is 12.1. The molecule has 2 saturated heterocycles. The Labute approximate surface area is 182 Å². The molecule has 2 aromatic carbocycles. The number of carbonyl (C=O) groups excluding carboxylic acids is 2. The van der Waals surface area contributed by atoms with Crippen LogP contribution in [0.25, 0.3) is 0 Å². The molecule has 2 fully saturated rings. The number of para-hydroxylation sites is 1. The first-order valence-corrected chi connectivity index (χ1v) is 10.6. The van der Waals surface area contributed by atoms with Crippen molar-refractivity contribution in [3.8, 4) is 0 Å². The SMILES string of the molecule is Cc1cccc(NC(=O)OC[C@H]2OC(=O)N[C@@H]2CN2CCN(c3ccccc3)CC2)c1. The number of cyclic esters (lactones) is 1. The number of rotatable bonds is 6. The summed E-state index contributed by atoms with van der Waals surface area (Å²) in [4.78, 5) is 28.6. The van der Waals surface area contributed by atoms with Crippen molar-refractivity contribution in [2.24, 2.45) is 0 Å². The molecule has 2 amide bonds. The number of nitrogens with one attached hydrogen (secondary N) is 2. The van der Waals surface area contributed by atoms with E-state index in [9.17, 15) is 9.59 Å². The second-order valence-corrected chi connectivity index (χ2v) is 7.91. The van der Waals surface area contributed by atoms with E-state index in [0.29, 0.717) is 12.2 Å². The van der Waals surface area contributed by atoms with Gasteiger partial charge in [0.15, 0.2) is 6.10 Å². The Balaban J connectivity index is 1.24. The summed E-state index contributed by atoms with van der Waals surface area (Å²) in [5.41, 5.74) is 2.93. The average molecular weight is 425 g/mol. The third-order valence-corrected chi connectivity index (χ3v) is 5.60. The smallest absolute Gasteiger partial charge is 0.411 e. The van der Waals surface area contributed by atoms with E-state index in [1.54, 1.807) is 6.07 Å². The third kappa shape index (κ3) is 5.67. The maximum Gasteiger partial charge on any atom is 0.411 e. The molecule has 8 nitrogen and oxygen atoms in total. The molecule has 8 heteroatoms. The summed E-state index contributed by atoms with van der Waals surface area (Å²) < 4.78 is 10.7. The van der Waals surface area contributed by atoms with Gasteiger partial charge >= 0.3 is 12.2 Å². The van der Waals surface area contributed by atoms with Crippen LogP contribution >= 0.6 is 0 Å². The lowest BCUT2D eigenvalue weighted by Crippen LogP contribution is -2.52. The molecule has 31 heavy (non-hydrogen) atoms. The molecule has 2 atom stereocenters. The zero-order valence-electron chi connectivity index (χ0n) is 17.6. The third-order valence-electron chi connectivity index (χ3n) is 5.60. The molecular weight excluding hydrogens is 396 g/mol. The van der Waals surface area contributed by atoms with Gasteiger partial charge in [0, 0.05) is 44.1 Å². The van der Waals surface area contributed by atoms with Gasteiger partial charge in [-0.2, -0.15) is 0 Å². The molecule has 0 radical (unpaired) electrons. The van der Waals surface area contributed by atoms with E-state index in [0.717, 1.165) is 31.7 Å². The number of amides is 2. The second-order valence-electron chi connectivity index (χ2n) is 7.91. The minimum absolute atomic E-state index is 0.00500. The molecule has 0 bridgehead atoms. The Morgan fingerprint density at radius 3 is 2.65 bits per heavy atom. The summed E-state index contributed by atoms with van der Waals surface area (Å²) in [5, 5.41) is 5.54. The number of benzene rings is 2. The molecule has 2 aliphatic heterocycles. The Bertz CT molecular complexity index is 899. The standard InChI is InChI=1S/C23H28N4O4/c1-17-6-5-7-18(14-17)24-22(28)30-16-21-20(25-23(29)31-21)15-26-10-12-27(13-11-26)19-8-3-2-4-9-19/h2-9,14,20-21H,10-13,15-16H2,1H3,(H,24,28)(H,25,29)/t20-,21-/m1/s1. The van der Waals surface area contributed by atoms with Gasteiger partial charge in [0.1, 0.15) is 6.61 Å². The summed E-state index contributed by atoms with van der Waals surface area (Å²) in [6.07, 6.45) is -1.55. The zero-order valence-corrected chi connectivity index (χ0v) is 17.6. The fourth-order valence-electron chi connectivity index (χ4n) is 3.95. The van der Waals surface area contributed by atoms with Crippen LogP contribution in [0.1, 0.15) is 5.56 Å². The fraction of sp³-hybridized carbons (Fsp3) is 0.391. The minimum atomic E-state index is -0.566. The summed E-state index contributed by atoms with van der Waals surface area (Å²) in [5.74, 6) is 0. The van der Waals surface area contributed by atoms with Gasteiger partial charge in [0.2, 0.25) is 0 Å². The van der Waals surface area contributed by atoms with Crippen LogP contribution in [0.15, 0.2) is 54.6 Å². The van der Waals surface area contributed by atoms with Gasteiger partial charge in [-0.3, -0.25) is 10.2 Å². The van der Waals surface area contributed by atoms with Crippen molar-refractivity contribution in [1.82, 2.24) is 10.2 Å². The molecule has 2 aromatic rings. The first-order valence-electron chi connectivity index (χ1n) is 10.6. The number of piperazine rings is 1. The van der Waals surface area contributed by atoms with E-state index in [1.165, 1.54) is 5.69 Å². The number of carbonyl (C=O) groups is 2. The van der Waals surface area contributed by atoms with Crippen LogP contribution in [0.5, 0.6) is 0 Å². The number of alkyl carbamates (subject to hydrolysis) is 1. The fourth-order valence-corrected chi connectivity index (χ4v) is 3.95. The van der Waals surface area contributed by atoms with E-state index in [2.05, 4.69) is 32.6 Å². The average Bonchev–Trinajstić information content (AvgIpc) is 3.12. The van der Waals surface area contributed by atoms with Crippen LogP contribution < -0.4 is 15.5 Å². The number of hydrogen-bond donors (Lipinski definition) is 2. The molecule has 2 aliphatic rings. The highest BCUT2D eigenvalue weighted by molar-refractivity contribution is 5.84. The molecule has 0 spiro atoms. The molecule has 0 unspecified atom stereocenters. The normalized spacial score (nSPS) is 21.3. The predicted octanol–water partition coefficient (Wildman–Crippen LogP) is 2.84. The van der Waals surface area contributed by atoms with Crippen LogP contribution in [-0.2, 0) is 9.47 Å². The molecule has 0 aromatic heterocycles. The first kappa shape index (κ1) is 21.0. The summed E-state index contributed by atoms with van der Waals surface area (Å²) in [6, 6.07) is 17.6. The number of ether oxygens (including phenoxy) is 2. The van der Waals surface area contributed by atoms with Crippen molar-refractivity contribution < 1.29 is 19.1 Å². The largest absolute Gasteiger partial charge is 0.445 e. The first-order chi connectivity index (χ1) is 15.1. The Morgan fingerprint density at radius 2 is 1.90 bits per heavy atom. The highest BCUT2D eigenvalue weighted by atomic mass is 16.6. The van der Waals surface area contributed by atoms with Crippen molar-refractivity contribution in [3.63, 3.8) is 0 Å². The van der Waals surface area contributed by atoms with Crippen molar-refractivity contribution in [1.29, 1.82) is 0 Å². The lowest BCUT2D eigenvalue weighted by Gasteiger charge is -2.37. The van der Waals surface area contributed by atoms with Crippen LogP contribution in [-0.4, -0.2) is 68.6 Å². The molecule has 2 heterocycles. The van der Waals surface area contributed by atoms with Gasteiger partial charge in [0.25, 0.3) is 0 Å². The van der Waals surface area contributed by atoms with Crippen molar-refractivity contribution in [2.75, 3.05) is 49.5 Å². The van der Waals surface area contributed by atoms with Gasteiger partial charge < -0.3 is 19.7 Å². The summed E-state index contributed by atoms with van der Waals surface area (Å²) >= 11 is 0. The van der Waals surface area contributed by atoms with Gasteiger partial charge in [-0.25, -0.2) is 9.59 Å².